The third-order valence-corrected chi connectivity index (χ3v) is 3.94. The highest BCUT2D eigenvalue weighted by Gasteiger charge is 2.28. The molecular formula is C19H18N2O3. The number of hydrogen-bond donors (Lipinski definition) is 1. The summed E-state index contributed by atoms with van der Waals surface area (Å²) in [5, 5.41) is 2.84. The highest BCUT2D eigenvalue weighted by atomic mass is 16.2. The Kier molecular flexibility index (Phi) is 4.70. The number of rotatable bonds is 5. The summed E-state index contributed by atoms with van der Waals surface area (Å²) in [7, 11) is 0. The first kappa shape index (κ1) is 15.9. The summed E-state index contributed by atoms with van der Waals surface area (Å²) < 4.78 is 0. The fourth-order valence-electron chi connectivity index (χ4n) is 2.66. The summed E-state index contributed by atoms with van der Waals surface area (Å²) in [5.74, 6) is -0.334. The molecule has 0 bridgehead atoms. The molecule has 2 aromatic carbocycles. The van der Waals surface area contributed by atoms with Gasteiger partial charge in [-0.3, -0.25) is 19.3 Å². The standard InChI is InChI=1S/C19H18N2O3/c22-17(12-14-4-2-1-3-5-14)20-16-8-6-15(7-9-16)13-21-18(23)10-11-19(21)24/h1-9H,10-13H2,(H,20,22). The SMILES string of the molecule is O=C(Cc1ccccc1)Nc1ccc(CN2C(=O)CCC2=O)cc1. The molecule has 0 saturated carbocycles. The van der Waals surface area contributed by atoms with Crippen molar-refractivity contribution in [3.63, 3.8) is 0 Å². The monoisotopic (exact) mass is 322 g/mol. The van der Waals surface area contributed by atoms with Crippen LogP contribution in [-0.4, -0.2) is 22.6 Å². The van der Waals surface area contributed by atoms with Crippen molar-refractivity contribution in [3.8, 4) is 0 Å². The highest BCUT2D eigenvalue weighted by Crippen LogP contribution is 2.17. The number of carbonyl (C=O) groups excluding carboxylic acids is 3. The lowest BCUT2D eigenvalue weighted by Crippen LogP contribution is -2.28. The third kappa shape index (κ3) is 3.87. The molecule has 1 saturated heterocycles. The molecular weight excluding hydrogens is 304 g/mol. The average Bonchev–Trinajstić information content (AvgIpc) is 2.89. The number of anilines is 1. The van der Waals surface area contributed by atoms with Crippen LogP contribution in [0.5, 0.6) is 0 Å². The van der Waals surface area contributed by atoms with Crippen LogP contribution in [0.15, 0.2) is 54.6 Å². The topological polar surface area (TPSA) is 66.5 Å². The van der Waals surface area contributed by atoms with Crippen LogP contribution in [0.4, 0.5) is 5.69 Å². The molecule has 1 heterocycles. The van der Waals surface area contributed by atoms with E-state index in [1.807, 2.05) is 42.5 Å². The van der Waals surface area contributed by atoms with Crippen LogP contribution < -0.4 is 5.32 Å². The van der Waals surface area contributed by atoms with Crippen LogP contribution in [0, 0.1) is 0 Å². The molecule has 1 aliphatic heterocycles. The van der Waals surface area contributed by atoms with Gasteiger partial charge < -0.3 is 5.32 Å². The largest absolute Gasteiger partial charge is 0.326 e. The van der Waals surface area contributed by atoms with Gasteiger partial charge in [0.05, 0.1) is 13.0 Å². The number of imide groups is 1. The maximum Gasteiger partial charge on any atom is 0.229 e. The lowest BCUT2D eigenvalue weighted by molar-refractivity contribution is -0.139. The second kappa shape index (κ2) is 7.08. The van der Waals surface area contributed by atoms with Gasteiger partial charge in [-0.2, -0.15) is 0 Å². The molecule has 1 aliphatic rings. The van der Waals surface area contributed by atoms with Gasteiger partial charge in [-0.15, -0.1) is 0 Å². The van der Waals surface area contributed by atoms with Gasteiger partial charge >= 0.3 is 0 Å². The van der Waals surface area contributed by atoms with E-state index < -0.39 is 0 Å². The van der Waals surface area contributed by atoms with Crippen molar-refractivity contribution in [1.82, 2.24) is 4.90 Å². The van der Waals surface area contributed by atoms with E-state index in [9.17, 15) is 14.4 Å². The Bertz CT molecular complexity index is 738. The third-order valence-electron chi connectivity index (χ3n) is 3.94. The lowest BCUT2D eigenvalue weighted by Gasteiger charge is -2.14. The van der Waals surface area contributed by atoms with Crippen LogP contribution in [0.2, 0.25) is 0 Å². The van der Waals surface area contributed by atoms with Crippen LogP contribution in [-0.2, 0) is 27.3 Å². The Balaban J connectivity index is 1.57. The number of benzene rings is 2. The quantitative estimate of drug-likeness (QED) is 0.860. The normalized spacial score (nSPS) is 14.1. The molecule has 3 rings (SSSR count). The number of likely N-dealkylation sites (tertiary alicyclic amines) is 1. The Morgan fingerprint density at radius 2 is 1.50 bits per heavy atom. The Morgan fingerprint density at radius 3 is 2.12 bits per heavy atom. The summed E-state index contributed by atoms with van der Waals surface area (Å²) in [4.78, 5) is 36.5. The van der Waals surface area contributed by atoms with Crippen LogP contribution >= 0.6 is 0 Å². The number of hydrogen-bond acceptors (Lipinski definition) is 3. The van der Waals surface area contributed by atoms with Crippen molar-refractivity contribution in [2.75, 3.05) is 5.32 Å². The first-order valence-corrected chi connectivity index (χ1v) is 7.88. The minimum Gasteiger partial charge on any atom is -0.326 e. The van der Waals surface area contributed by atoms with Crippen molar-refractivity contribution in [2.24, 2.45) is 0 Å². The smallest absolute Gasteiger partial charge is 0.229 e. The zero-order valence-corrected chi connectivity index (χ0v) is 13.2. The van der Waals surface area contributed by atoms with E-state index in [1.165, 1.54) is 4.90 Å². The minimum atomic E-state index is -0.125. The molecule has 0 radical (unpaired) electrons. The maximum absolute atomic E-state index is 12.0. The van der Waals surface area contributed by atoms with E-state index in [0.717, 1.165) is 11.1 Å². The fourth-order valence-corrected chi connectivity index (χ4v) is 2.66. The maximum atomic E-state index is 12.0. The van der Waals surface area contributed by atoms with Crippen molar-refractivity contribution in [2.45, 2.75) is 25.8 Å². The zero-order chi connectivity index (χ0) is 16.9. The summed E-state index contributed by atoms with van der Waals surface area (Å²) in [6.45, 7) is 0.288. The van der Waals surface area contributed by atoms with E-state index in [1.54, 1.807) is 12.1 Å². The molecule has 0 unspecified atom stereocenters. The van der Waals surface area contributed by atoms with Crippen molar-refractivity contribution < 1.29 is 14.4 Å². The molecule has 0 aromatic heterocycles. The molecule has 0 aliphatic carbocycles. The molecule has 5 heteroatoms. The van der Waals surface area contributed by atoms with E-state index in [-0.39, 0.29) is 24.3 Å². The molecule has 5 nitrogen and oxygen atoms in total. The Hall–Kier alpha value is -2.95. The van der Waals surface area contributed by atoms with Gasteiger partial charge in [0.1, 0.15) is 0 Å². The van der Waals surface area contributed by atoms with Gasteiger partial charge in [0.2, 0.25) is 17.7 Å². The Morgan fingerprint density at radius 1 is 0.875 bits per heavy atom. The molecule has 1 fully saturated rings. The van der Waals surface area contributed by atoms with E-state index in [0.29, 0.717) is 24.9 Å². The van der Waals surface area contributed by atoms with Gasteiger partial charge in [0.25, 0.3) is 0 Å². The molecule has 122 valence electrons. The predicted octanol–water partition coefficient (Wildman–Crippen LogP) is 2.52. The first-order chi connectivity index (χ1) is 11.6. The van der Waals surface area contributed by atoms with Crippen LogP contribution in [0.25, 0.3) is 0 Å². The minimum absolute atomic E-state index is 0.0844. The van der Waals surface area contributed by atoms with Gasteiger partial charge in [-0.05, 0) is 23.3 Å². The zero-order valence-electron chi connectivity index (χ0n) is 13.2. The summed E-state index contributed by atoms with van der Waals surface area (Å²) in [6.07, 6.45) is 0.915. The van der Waals surface area contributed by atoms with E-state index in [2.05, 4.69) is 5.32 Å². The number of amides is 3. The second-order valence-electron chi connectivity index (χ2n) is 5.78. The van der Waals surface area contributed by atoms with Crippen molar-refractivity contribution >= 4 is 23.4 Å². The molecule has 0 atom stereocenters. The van der Waals surface area contributed by atoms with Crippen LogP contribution in [0.3, 0.4) is 0 Å². The second-order valence-corrected chi connectivity index (χ2v) is 5.78. The molecule has 3 amide bonds. The van der Waals surface area contributed by atoms with Gasteiger partial charge in [0, 0.05) is 18.5 Å². The molecule has 0 spiro atoms. The number of nitrogens with zero attached hydrogens (tertiary/aromatic N) is 1. The fraction of sp³-hybridized carbons (Fsp3) is 0.211. The van der Waals surface area contributed by atoms with E-state index >= 15 is 0 Å². The highest BCUT2D eigenvalue weighted by molar-refractivity contribution is 6.01. The lowest BCUT2D eigenvalue weighted by atomic mass is 10.1. The summed E-state index contributed by atoms with van der Waals surface area (Å²) in [5.41, 5.74) is 2.51. The average molecular weight is 322 g/mol. The number of nitrogens with one attached hydrogen (secondary N) is 1. The predicted molar refractivity (Wildman–Crippen MR) is 90.0 cm³/mol. The summed E-state index contributed by atoms with van der Waals surface area (Å²) in [6, 6.07) is 16.7. The van der Waals surface area contributed by atoms with Gasteiger partial charge in [-0.25, -0.2) is 0 Å². The molecule has 24 heavy (non-hydrogen) atoms. The number of carbonyl (C=O) groups is 3. The summed E-state index contributed by atoms with van der Waals surface area (Å²) >= 11 is 0. The van der Waals surface area contributed by atoms with E-state index in [4.69, 9.17) is 0 Å². The Labute approximate surface area is 140 Å². The van der Waals surface area contributed by atoms with Crippen molar-refractivity contribution in [1.29, 1.82) is 0 Å². The van der Waals surface area contributed by atoms with Gasteiger partial charge in [-0.1, -0.05) is 42.5 Å². The van der Waals surface area contributed by atoms with Crippen molar-refractivity contribution in [3.05, 3.63) is 65.7 Å². The van der Waals surface area contributed by atoms with Crippen LogP contribution in [0.1, 0.15) is 24.0 Å². The molecule has 1 N–H and O–H groups in total. The first-order valence-electron chi connectivity index (χ1n) is 7.88. The molecule has 2 aromatic rings. The van der Waals surface area contributed by atoms with Gasteiger partial charge in [0.15, 0.2) is 0 Å².